The van der Waals surface area contributed by atoms with E-state index in [9.17, 15) is 9.59 Å². The molecular weight excluding hydrogens is 518 g/mol. The molecule has 0 aliphatic carbocycles. The van der Waals surface area contributed by atoms with Crippen LogP contribution in [0.25, 0.3) is 0 Å². The molecule has 0 aromatic heterocycles. The topological polar surface area (TPSA) is 86.2 Å². The highest BCUT2D eigenvalue weighted by Gasteiger charge is 2.05. The number of benzene rings is 2. The van der Waals surface area contributed by atoms with Gasteiger partial charge in [0.05, 0.1) is 11.1 Å². The predicted octanol–water partition coefficient (Wildman–Crippen LogP) is 3.73. The third-order valence-corrected chi connectivity index (χ3v) is 4.81. The number of carbonyl (C=O) groups is 2. The SMILES string of the molecule is CCCc1ccc(C(N)=O)c(I)c1.NC(=O)c1ccccc1I. The summed E-state index contributed by atoms with van der Waals surface area (Å²) in [5.41, 5.74) is 12.7. The molecule has 0 radical (unpaired) electrons. The Morgan fingerprint density at radius 1 is 0.913 bits per heavy atom. The zero-order chi connectivity index (χ0) is 17.4. The average molecular weight is 536 g/mol. The highest BCUT2D eigenvalue weighted by Crippen LogP contribution is 2.15. The van der Waals surface area contributed by atoms with E-state index in [4.69, 9.17) is 11.5 Å². The van der Waals surface area contributed by atoms with E-state index in [2.05, 4.69) is 52.1 Å². The van der Waals surface area contributed by atoms with E-state index in [1.165, 1.54) is 5.56 Å². The lowest BCUT2D eigenvalue weighted by atomic mass is 10.1. The first-order valence-corrected chi connectivity index (χ1v) is 9.15. The molecule has 0 spiro atoms. The van der Waals surface area contributed by atoms with Crippen molar-refractivity contribution in [2.75, 3.05) is 0 Å². The fourth-order valence-electron chi connectivity index (χ4n) is 1.86. The zero-order valence-corrected chi connectivity index (χ0v) is 17.0. The van der Waals surface area contributed by atoms with Crippen molar-refractivity contribution in [1.82, 2.24) is 0 Å². The quantitative estimate of drug-likeness (QED) is 0.584. The number of hydrogen-bond acceptors (Lipinski definition) is 2. The molecule has 0 atom stereocenters. The Labute approximate surface area is 163 Å². The van der Waals surface area contributed by atoms with E-state index in [0.717, 1.165) is 20.0 Å². The van der Waals surface area contributed by atoms with Gasteiger partial charge in [-0.1, -0.05) is 31.5 Å². The van der Waals surface area contributed by atoms with Crippen LogP contribution in [0.1, 0.15) is 39.6 Å². The van der Waals surface area contributed by atoms with Crippen molar-refractivity contribution in [3.8, 4) is 0 Å². The van der Waals surface area contributed by atoms with Gasteiger partial charge in [-0.2, -0.15) is 0 Å². The lowest BCUT2D eigenvalue weighted by Crippen LogP contribution is -2.12. The summed E-state index contributed by atoms with van der Waals surface area (Å²) in [4.78, 5) is 21.5. The minimum absolute atomic E-state index is 0.354. The van der Waals surface area contributed by atoms with Crippen molar-refractivity contribution in [2.45, 2.75) is 19.8 Å². The van der Waals surface area contributed by atoms with Crippen LogP contribution < -0.4 is 11.5 Å². The second kappa shape index (κ2) is 9.86. The van der Waals surface area contributed by atoms with Crippen molar-refractivity contribution in [3.05, 3.63) is 66.3 Å². The van der Waals surface area contributed by atoms with Crippen LogP contribution in [0.3, 0.4) is 0 Å². The largest absolute Gasteiger partial charge is 0.366 e. The number of carbonyl (C=O) groups excluding carboxylic acids is 2. The second-order valence-electron chi connectivity index (χ2n) is 4.77. The molecule has 122 valence electrons. The molecule has 2 amide bonds. The van der Waals surface area contributed by atoms with Crippen LogP contribution in [-0.4, -0.2) is 11.8 Å². The Hall–Kier alpha value is -1.16. The van der Waals surface area contributed by atoms with E-state index in [-0.39, 0.29) is 11.8 Å². The normalized spacial score (nSPS) is 9.70. The first kappa shape index (κ1) is 19.9. The van der Waals surface area contributed by atoms with Gasteiger partial charge in [0.2, 0.25) is 11.8 Å². The summed E-state index contributed by atoms with van der Waals surface area (Å²) in [7, 11) is 0. The lowest BCUT2D eigenvalue weighted by Gasteiger charge is -2.03. The Morgan fingerprint density at radius 2 is 1.48 bits per heavy atom. The highest BCUT2D eigenvalue weighted by atomic mass is 127. The molecule has 0 aliphatic rings. The Bertz CT molecular complexity index is 703. The molecule has 0 bridgehead atoms. The Morgan fingerprint density at radius 3 is 1.91 bits per heavy atom. The maximum atomic E-state index is 10.9. The second-order valence-corrected chi connectivity index (χ2v) is 7.10. The summed E-state index contributed by atoms with van der Waals surface area (Å²) in [5, 5.41) is 0. The standard InChI is InChI=1S/C10H12INO.C7H6INO/c1-2-3-7-4-5-8(10(12)13)9(11)6-7;8-6-4-2-1-3-5(6)7(9)10/h4-6H,2-3H2,1H3,(H2,12,13);1-4H,(H2,9,10). The third kappa shape index (κ3) is 6.46. The van der Waals surface area contributed by atoms with E-state index in [1.807, 2.05) is 24.3 Å². The number of primary amides is 2. The molecule has 2 rings (SSSR count). The molecule has 0 aliphatic heterocycles. The molecule has 2 aromatic rings. The van der Waals surface area contributed by atoms with Crippen molar-refractivity contribution in [1.29, 1.82) is 0 Å². The van der Waals surface area contributed by atoms with Crippen LogP contribution in [0.2, 0.25) is 0 Å². The van der Waals surface area contributed by atoms with E-state index < -0.39 is 0 Å². The van der Waals surface area contributed by atoms with Gasteiger partial charge in [0.1, 0.15) is 0 Å². The number of aryl methyl sites for hydroxylation is 1. The summed E-state index contributed by atoms with van der Waals surface area (Å²) in [6.45, 7) is 2.13. The van der Waals surface area contributed by atoms with Crippen molar-refractivity contribution in [2.24, 2.45) is 11.5 Å². The number of rotatable bonds is 4. The van der Waals surface area contributed by atoms with E-state index in [1.54, 1.807) is 18.2 Å². The Balaban J connectivity index is 0.000000238. The molecule has 0 unspecified atom stereocenters. The predicted molar refractivity (Wildman–Crippen MR) is 109 cm³/mol. The molecule has 0 fully saturated rings. The van der Waals surface area contributed by atoms with Gasteiger partial charge in [-0.3, -0.25) is 9.59 Å². The maximum Gasteiger partial charge on any atom is 0.249 e. The molecule has 0 saturated carbocycles. The minimum atomic E-state index is -0.370. The number of hydrogen-bond donors (Lipinski definition) is 2. The fraction of sp³-hybridized carbons (Fsp3) is 0.176. The molecule has 4 nitrogen and oxygen atoms in total. The molecule has 2 aromatic carbocycles. The molecule has 0 heterocycles. The monoisotopic (exact) mass is 536 g/mol. The summed E-state index contributed by atoms with van der Waals surface area (Å²) < 4.78 is 1.84. The molecule has 0 saturated heterocycles. The van der Waals surface area contributed by atoms with Crippen LogP contribution in [0.15, 0.2) is 42.5 Å². The van der Waals surface area contributed by atoms with E-state index in [0.29, 0.717) is 11.1 Å². The average Bonchev–Trinajstić information content (AvgIpc) is 2.48. The first-order chi connectivity index (χ1) is 10.9. The summed E-state index contributed by atoms with van der Waals surface area (Å²) >= 11 is 4.21. The number of amides is 2. The van der Waals surface area contributed by atoms with Crippen LogP contribution in [0.5, 0.6) is 0 Å². The smallest absolute Gasteiger partial charge is 0.249 e. The van der Waals surface area contributed by atoms with Crippen molar-refractivity contribution >= 4 is 57.0 Å². The third-order valence-electron chi connectivity index (χ3n) is 2.98. The van der Waals surface area contributed by atoms with Crippen molar-refractivity contribution < 1.29 is 9.59 Å². The van der Waals surface area contributed by atoms with Gasteiger partial charge in [-0.15, -0.1) is 0 Å². The molecule has 4 N–H and O–H groups in total. The van der Waals surface area contributed by atoms with E-state index >= 15 is 0 Å². The van der Waals surface area contributed by atoms with Crippen LogP contribution >= 0.6 is 45.2 Å². The van der Waals surface area contributed by atoms with Gasteiger partial charge < -0.3 is 11.5 Å². The summed E-state index contributed by atoms with van der Waals surface area (Å²) in [5.74, 6) is -0.725. The van der Waals surface area contributed by atoms with Gasteiger partial charge in [0.25, 0.3) is 0 Å². The molecular formula is C17H18I2N2O2. The van der Waals surface area contributed by atoms with Crippen LogP contribution in [0, 0.1) is 7.14 Å². The van der Waals surface area contributed by atoms with Gasteiger partial charge in [0.15, 0.2) is 0 Å². The van der Waals surface area contributed by atoms with Gasteiger partial charge in [-0.05, 0) is 81.4 Å². The van der Waals surface area contributed by atoms with Gasteiger partial charge >= 0.3 is 0 Å². The summed E-state index contributed by atoms with van der Waals surface area (Å²) in [6.07, 6.45) is 2.17. The van der Waals surface area contributed by atoms with Gasteiger partial charge in [0, 0.05) is 7.14 Å². The van der Waals surface area contributed by atoms with Crippen molar-refractivity contribution in [3.63, 3.8) is 0 Å². The fourth-order valence-corrected chi connectivity index (χ4v) is 3.36. The van der Waals surface area contributed by atoms with Gasteiger partial charge in [-0.25, -0.2) is 0 Å². The van der Waals surface area contributed by atoms with Crippen LogP contribution in [-0.2, 0) is 6.42 Å². The summed E-state index contributed by atoms with van der Waals surface area (Å²) in [6, 6.07) is 13.0. The number of nitrogens with two attached hydrogens (primary N) is 2. The molecule has 6 heteroatoms. The van der Waals surface area contributed by atoms with Crippen LogP contribution in [0.4, 0.5) is 0 Å². The minimum Gasteiger partial charge on any atom is -0.366 e. The first-order valence-electron chi connectivity index (χ1n) is 6.99. The number of halogens is 2. The zero-order valence-electron chi connectivity index (χ0n) is 12.7. The highest BCUT2D eigenvalue weighted by molar-refractivity contribution is 14.1. The molecule has 23 heavy (non-hydrogen) atoms. The maximum absolute atomic E-state index is 10.9. The lowest BCUT2D eigenvalue weighted by molar-refractivity contribution is 0.0991. The Kier molecular flexibility index (Phi) is 8.53.